The summed E-state index contributed by atoms with van der Waals surface area (Å²) in [6.07, 6.45) is 16.0. The molecule has 0 amide bonds. The van der Waals surface area contributed by atoms with Gasteiger partial charge in [0.25, 0.3) is 0 Å². The van der Waals surface area contributed by atoms with Crippen molar-refractivity contribution in [3.8, 4) is 0 Å². The van der Waals surface area contributed by atoms with E-state index in [4.69, 9.17) is 0 Å². The topological polar surface area (TPSA) is 54.2 Å². The normalized spacial score (nSPS) is 17.0. The molecule has 0 spiro atoms. The fourth-order valence-electron chi connectivity index (χ4n) is 3.56. The van der Waals surface area contributed by atoms with Crippen LogP contribution >= 0.6 is 24.0 Å². The van der Waals surface area contributed by atoms with Gasteiger partial charge in [-0.2, -0.15) is 5.10 Å². The number of nitrogens with one attached hydrogen (secondary N) is 2. The molecule has 1 aliphatic carbocycles. The van der Waals surface area contributed by atoms with Crippen LogP contribution in [-0.4, -0.2) is 35.4 Å². The van der Waals surface area contributed by atoms with E-state index in [1.165, 1.54) is 50.5 Å². The first-order chi connectivity index (χ1) is 11.7. The highest BCUT2D eigenvalue weighted by Gasteiger charge is 2.14. The molecular weight excluding hydrogens is 425 g/mol. The molecule has 144 valence electrons. The van der Waals surface area contributed by atoms with E-state index in [1.807, 2.05) is 25.0 Å². The maximum absolute atomic E-state index is 4.35. The van der Waals surface area contributed by atoms with Gasteiger partial charge in [0.15, 0.2) is 5.96 Å². The Kier molecular flexibility index (Phi) is 11.2. The molecule has 1 aromatic rings. The summed E-state index contributed by atoms with van der Waals surface area (Å²) in [4.78, 5) is 4.35. The standard InChI is InChI=1S/C19H35N5.HI/c1-16(11-12-17-8-5-4-6-9-17)23-19(20-2)21-13-7-10-18-14-22-24(3)15-18;/h14-17H,4-13H2,1-3H3,(H2,20,21,23);1H. The van der Waals surface area contributed by atoms with Crippen LogP contribution in [0.1, 0.15) is 63.9 Å². The van der Waals surface area contributed by atoms with Crippen molar-refractivity contribution in [3.05, 3.63) is 18.0 Å². The van der Waals surface area contributed by atoms with Gasteiger partial charge in [0.05, 0.1) is 6.20 Å². The van der Waals surface area contributed by atoms with Crippen molar-refractivity contribution < 1.29 is 0 Å². The Hall–Kier alpha value is -0.790. The number of guanidine groups is 1. The van der Waals surface area contributed by atoms with Crippen LogP contribution in [0.2, 0.25) is 0 Å². The van der Waals surface area contributed by atoms with Gasteiger partial charge in [-0.05, 0) is 44.1 Å². The lowest BCUT2D eigenvalue weighted by molar-refractivity contribution is 0.322. The van der Waals surface area contributed by atoms with Crippen molar-refractivity contribution in [2.45, 2.75) is 70.8 Å². The van der Waals surface area contributed by atoms with Gasteiger partial charge in [0.2, 0.25) is 0 Å². The summed E-state index contributed by atoms with van der Waals surface area (Å²) in [5.41, 5.74) is 1.29. The monoisotopic (exact) mass is 461 g/mol. The SMILES string of the molecule is CN=C(NCCCc1cnn(C)c1)NC(C)CCC1CCCCC1.I. The second kappa shape index (κ2) is 12.5. The van der Waals surface area contributed by atoms with Crippen molar-refractivity contribution in [1.82, 2.24) is 20.4 Å². The number of aryl methyl sites for hydroxylation is 2. The van der Waals surface area contributed by atoms with Gasteiger partial charge in [-0.25, -0.2) is 0 Å². The number of halogens is 1. The van der Waals surface area contributed by atoms with Crippen molar-refractivity contribution in [2.75, 3.05) is 13.6 Å². The molecule has 1 atom stereocenters. The molecule has 0 saturated heterocycles. The molecule has 5 nitrogen and oxygen atoms in total. The smallest absolute Gasteiger partial charge is 0.191 e. The van der Waals surface area contributed by atoms with Gasteiger partial charge in [-0.1, -0.05) is 32.1 Å². The van der Waals surface area contributed by atoms with Crippen molar-refractivity contribution in [3.63, 3.8) is 0 Å². The van der Waals surface area contributed by atoms with Gasteiger partial charge in [0.1, 0.15) is 0 Å². The third-order valence-corrected chi connectivity index (χ3v) is 5.03. The first-order valence-electron chi connectivity index (χ1n) is 9.62. The number of hydrogen-bond acceptors (Lipinski definition) is 2. The second-order valence-corrected chi connectivity index (χ2v) is 7.25. The summed E-state index contributed by atoms with van der Waals surface area (Å²) in [6, 6.07) is 0.483. The van der Waals surface area contributed by atoms with E-state index in [2.05, 4.69) is 33.8 Å². The highest BCUT2D eigenvalue weighted by Crippen LogP contribution is 2.27. The molecule has 1 fully saturated rings. The molecule has 2 rings (SSSR count). The molecule has 1 unspecified atom stereocenters. The van der Waals surface area contributed by atoms with E-state index in [9.17, 15) is 0 Å². The second-order valence-electron chi connectivity index (χ2n) is 7.25. The zero-order valence-corrected chi connectivity index (χ0v) is 18.5. The van der Waals surface area contributed by atoms with E-state index in [0.717, 1.165) is 31.3 Å². The van der Waals surface area contributed by atoms with E-state index >= 15 is 0 Å². The molecule has 1 heterocycles. The number of aromatic nitrogens is 2. The van der Waals surface area contributed by atoms with Crippen LogP contribution in [0.5, 0.6) is 0 Å². The van der Waals surface area contributed by atoms with Gasteiger partial charge < -0.3 is 10.6 Å². The Bertz CT molecular complexity index is 494. The van der Waals surface area contributed by atoms with E-state index in [0.29, 0.717) is 6.04 Å². The first-order valence-corrected chi connectivity index (χ1v) is 9.62. The highest BCUT2D eigenvalue weighted by molar-refractivity contribution is 14.0. The number of nitrogens with zero attached hydrogens (tertiary/aromatic N) is 3. The Balaban J connectivity index is 0.00000312. The Morgan fingerprint density at radius 2 is 2.12 bits per heavy atom. The lowest BCUT2D eigenvalue weighted by atomic mass is 9.85. The van der Waals surface area contributed by atoms with Gasteiger partial charge in [0, 0.05) is 32.9 Å². The van der Waals surface area contributed by atoms with E-state index in [-0.39, 0.29) is 24.0 Å². The lowest BCUT2D eigenvalue weighted by Crippen LogP contribution is -2.42. The summed E-state index contributed by atoms with van der Waals surface area (Å²) in [7, 11) is 3.81. The quantitative estimate of drug-likeness (QED) is 0.267. The molecular formula is C19H36IN5. The molecule has 6 heteroatoms. The minimum atomic E-state index is 0. The zero-order valence-electron chi connectivity index (χ0n) is 16.1. The summed E-state index contributed by atoms with van der Waals surface area (Å²) >= 11 is 0. The van der Waals surface area contributed by atoms with Gasteiger partial charge in [-0.3, -0.25) is 9.67 Å². The maximum Gasteiger partial charge on any atom is 0.191 e. The van der Waals surface area contributed by atoms with Crippen LogP contribution in [0.15, 0.2) is 17.4 Å². The average Bonchev–Trinajstić information content (AvgIpc) is 3.02. The number of aliphatic imine (C=N–C) groups is 1. The van der Waals surface area contributed by atoms with Gasteiger partial charge >= 0.3 is 0 Å². The minimum Gasteiger partial charge on any atom is -0.356 e. The predicted octanol–water partition coefficient (Wildman–Crippen LogP) is 3.88. The highest BCUT2D eigenvalue weighted by atomic mass is 127. The fraction of sp³-hybridized carbons (Fsp3) is 0.789. The third-order valence-electron chi connectivity index (χ3n) is 5.03. The van der Waals surface area contributed by atoms with E-state index < -0.39 is 0 Å². The van der Waals surface area contributed by atoms with Crippen LogP contribution in [0.4, 0.5) is 0 Å². The molecule has 0 bridgehead atoms. The van der Waals surface area contributed by atoms with Crippen molar-refractivity contribution in [1.29, 1.82) is 0 Å². The van der Waals surface area contributed by atoms with Crippen LogP contribution in [0.3, 0.4) is 0 Å². The van der Waals surface area contributed by atoms with Crippen molar-refractivity contribution >= 4 is 29.9 Å². The Labute approximate surface area is 170 Å². The molecule has 0 aromatic carbocycles. The molecule has 0 aliphatic heterocycles. The maximum atomic E-state index is 4.35. The molecule has 1 saturated carbocycles. The third kappa shape index (κ3) is 8.92. The molecule has 0 radical (unpaired) electrons. The van der Waals surface area contributed by atoms with Crippen molar-refractivity contribution in [2.24, 2.45) is 18.0 Å². The van der Waals surface area contributed by atoms with Crippen LogP contribution < -0.4 is 10.6 Å². The fourth-order valence-corrected chi connectivity index (χ4v) is 3.56. The minimum absolute atomic E-state index is 0. The first kappa shape index (κ1) is 22.3. The predicted molar refractivity (Wildman–Crippen MR) is 117 cm³/mol. The summed E-state index contributed by atoms with van der Waals surface area (Å²) in [5.74, 6) is 1.88. The van der Waals surface area contributed by atoms with Crippen LogP contribution in [-0.2, 0) is 13.5 Å². The molecule has 1 aliphatic rings. The number of rotatable bonds is 8. The van der Waals surface area contributed by atoms with Crippen LogP contribution in [0.25, 0.3) is 0 Å². The summed E-state index contributed by atoms with van der Waals surface area (Å²) < 4.78 is 1.86. The largest absolute Gasteiger partial charge is 0.356 e. The summed E-state index contributed by atoms with van der Waals surface area (Å²) in [6.45, 7) is 3.20. The molecule has 1 aromatic heterocycles. The summed E-state index contributed by atoms with van der Waals surface area (Å²) in [5, 5.41) is 11.2. The van der Waals surface area contributed by atoms with Gasteiger partial charge in [-0.15, -0.1) is 24.0 Å². The van der Waals surface area contributed by atoms with E-state index in [1.54, 1.807) is 0 Å². The molecule has 2 N–H and O–H groups in total. The number of hydrogen-bond donors (Lipinski definition) is 2. The average molecular weight is 461 g/mol. The molecule has 25 heavy (non-hydrogen) atoms. The Morgan fingerprint density at radius 3 is 2.76 bits per heavy atom. The lowest BCUT2D eigenvalue weighted by Gasteiger charge is -2.24. The van der Waals surface area contributed by atoms with Crippen LogP contribution in [0, 0.1) is 5.92 Å². The Morgan fingerprint density at radius 1 is 1.36 bits per heavy atom. The zero-order chi connectivity index (χ0) is 17.2.